The molecule has 2 fully saturated rings. The van der Waals surface area contributed by atoms with Gasteiger partial charge in [0.25, 0.3) is 0 Å². The van der Waals surface area contributed by atoms with E-state index in [1.165, 1.54) is 12.5 Å². The zero-order valence-electron chi connectivity index (χ0n) is 17.0. The van der Waals surface area contributed by atoms with Crippen molar-refractivity contribution in [3.63, 3.8) is 0 Å². The van der Waals surface area contributed by atoms with E-state index in [1.807, 2.05) is 6.07 Å². The molecule has 1 N–H and O–H groups in total. The topological polar surface area (TPSA) is 55.3 Å². The summed E-state index contributed by atoms with van der Waals surface area (Å²) in [6, 6.07) is 6.70. The van der Waals surface area contributed by atoms with Crippen LogP contribution in [0, 0.1) is 0 Å². The van der Waals surface area contributed by atoms with Gasteiger partial charge in [-0.05, 0) is 49.8 Å². The van der Waals surface area contributed by atoms with Crippen LogP contribution in [0.25, 0.3) is 0 Å². The highest BCUT2D eigenvalue weighted by molar-refractivity contribution is 5.80. The second-order valence-corrected chi connectivity index (χ2v) is 7.43. The predicted octanol–water partition coefficient (Wildman–Crippen LogP) is 3.41. The Balaban J connectivity index is 1.41. The van der Waals surface area contributed by atoms with Gasteiger partial charge in [0.1, 0.15) is 5.75 Å². The third-order valence-electron chi connectivity index (χ3n) is 5.32. The second kappa shape index (κ2) is 11.3. The van der Waals surface area contributed by atoms with Crippen LogP contribution in [0.3, 0.4) is 0 Å². The van der Waals surface area contributed by atoms with Crippen molar-refractivity contribution in [2.45, 2.75) is 57.5 Å². The molecule has 1 atom stereocenters. The molecule has 0 saturated carbocycles. The van der Waals surface area contributed by atoms with Gasteiger partial charge in [0.2, 0.25) is 0 Å². The molecule has 1 aromatic carbocycles. The van der Waals surface area contributed by atoms with Crippen LogP contribution in [-0.4, -0.2) is 63.0 Å². The first-order chi connectivity index (χ1) is 14.1. The monoisotopic (exact) mass is 411 g/mol. The normalized spacial score (nSPS) is 21.4. The summed E-state index contributed by atoms with van der Waals surface area (Å²) in [7, 11) is 1.75. The lowest BCUT2D eigenvalue weighted by molar-refractivity contribution is -0.0721. The number of hydrogen-bond acceptors (Lipinski definition) is 4. The van der Waals surface area contributed by atoms with E-state index in [9.17, 15) is 8.78 Å². The highest BCUT2D eigenvalue weighted by atomic mass is 19.3. The first-order valence-electron chi connectivity index (χ1n) is 10.4. The highest BCUT2D eigenvalue weighted by Crippen LogP contribution is 2.19. The van der Waals surface area contributed by atoms with E-state index in [0.717, 1.165) is 56.9 Å². The van der Waals surface area contributed by atoms with Gasteiger partial charge >= 0.3 is 6.61 Å². The van der Waals surface area contributed by atoms with Gasteiger partial charge in [-0.3, -0.25) is 4.99 Å². The average molecular weight is 411 g/mol. The van der Waals surface area contributed by atoms with E-state index in [-0.39, 0.29) is 18.0 Å². The van der Waals surface area contributed by atoms with Crippen molar-refractivity contribution in [2.24, 2.45) is 4.99 Å². The summed E-state index contributed by atoms with van der Waals surface area (Å²) in [6.07, 6.45) is 5.89. The minimum absolute atomic E-state index is 0.161. The van der Waals surface area contributed by atoms with Crippen molar-refractivity contribution in [3.8, 4) is 5.75 Å². The Morgan fingerprint density at radius 2 is 2.10 bits per heavy atom. The van der Waals surface area contributed by atoms with Gasteiger partial charge in [-0.2, -0.15) is 8.78 Å². The number of halogens is 2. The van der Waals surface area contributed by atoms with Crippen molar-refractivity contribution in [1.82, 2.24) is 10.2 Å². The summed E-state index contributed by atoms with van der Waals surface area (Å²) in [5, 5.41) is 3.31. The molecule has 0 bridgehead atoms. The number of ether oxygens (including phenoxy) is 3. The van der Waals surface area contributed by atoms with Gasteiger partial charge in [-0.15, -0.1) is 0 Å². The molecule has 6 nitrogen and oxygen atoms in total. The molecule has 0 aromatic heterocycles. The van der Waals surface area contributed by atoms with Crippen LogP contribution in [0.2, 0.25) is 0 Å². The number of piperidine rings is 1. The number of aliphatic imine (C=N–C) groups is 1. The van der Waals surface area contributed by atoms with E-state index in [4.69, 9.17) is 9.47 Å². The molecule has 2 heterocycles. The fourth-order valence-corrected chi connectivity index (χ4v) is 3.76. The molecule has 8 heteroatoms. The quantitative estimate of drug-likeness (QED) is 0.551. The molecule has 29 heavy (non-hydrogen) atoms. The number of hydrogen-bond donors (Lipinski definition) is 1. The van der Waals surface area contributed by atoms with E-state index < -0.39 is 6.61 Å². The third kappa shape index (κ3) is 7.12. The first-order valence-corrected chi connectivity index (χ1v) is 10.4. The van der Waals surface area contributed by atoms with Crippen molar-refractivity contribution in [3.05, 3.63) is 29.8 Å². The molecule has 0 amide bonds. The summed E-state index contributed by atoms with van der Waals surface area (Å²) >= 11 is 0. The lowest BCUT2D eigenvalue weighted by atomic mass is 10.1. The predicted molar refractivity (Wildman–Crippen MR) is 107 cm³/mol. The number of nitrogens with one attached hydrogen (secondary N) is 1. The average Bonchev–Trinajstić information content (AvgIpc) is 2.74. The SMILES string of the molecule is CN=C(NCc1cccc(OC(F)F)c1)N1CCC(OCC2CCCCO2)CC1. The van der Waals surface area contributed by atoms with Gasteiger partial charge < -0.3 is 24.4 Å². The molecular weight excluding hydrogens is 380 g/mol. The molecular formula is C21H31F2N3O3. The number of nitrogens with zero attached hydrogens (tertiary/aromatic N) is 2. The Morgan fingerprint density at radius 1 is 1.28 bits per heavy atom. The minimum Gasteiger partial charge on any atom is -0.435 e. The maximum atomic E-state index is 12.4. The van der Waals surface area contributed by atoms with E-state index in [2.05, 4.69) is 19.9 Å². The van der Waals surface area contributed by atoms with Crippen LogP contribution < -0.4 is 10.1 Å². The number of rotatable bonds is 7. The fraction of sp³-hybridized carbons (Fsp3) is 0.667. The summed E-state index contributed by atoms with van der Waals surface area (Å²) in [4.78, 5) is 6.57. The number of alkyl halides is 2. The fourth-order valence-electron chi connectivity index (χ4n) is 3.76. The first kappa shape index (κ1) is 21.8. The lowest BCUT2D eigenvalue weighted by Crippen LogP contribution is -2.47. The summed E-state index contributed by atoms with van der Waals surface area (Å²) in [6.45, 7) is 0.941. The summed E-state index contributed by atoms with van der Waals surface area (Å²) in [5.74, 6) is 0.966. The number of likely N-dealkylation sites (tertiary alicyclic amines) is 1. The van der Waals surface area contributed by atoms with Crippen LogP contribution >= 0.6 is 0 Å². The Kier molecular flexibility index (Phi) is 8.49. The molecule has 162 valence electrons. The van der Waals surface area contributed by atoms with E-state index in [0.29, 0.717) is 13.2 Å². The molecule has 0 aliphatic carbocycles. The van der Waals surface area contributed by atoms with Crippen molar-refractivity contribution in [1.29, 1.82) is 0 Å². The molecule has 3 rings (SSSR count). The minimum atomic E-state index is -2.82. The van der Waals surface area contributed by atoms with Crippen LogP contribution in [0.15, 0.2) is 29.3 Å². The van der Waals surface area contributed by atoms with Gasteiger partial charge in [0, 0.05) is 33.3 Å². The maximum absolute atomic E-state index is 12.4. The highest BCUT2D eigenvalue weighted by Gasteiger charge is 2.23. The molecule has 0 radical (unpaired) electrons. The molecule has 1 aromatic rings. The summed E-state index contributed by atoms with van der Waals surface area (Å²) in [5.41, 5.74) is 0.856. The van der Waals surface area contributed by atoms with E-state index >= 15 is 0 Å². The van der Waals surface area contributed by atoms with Crippen LogP contribution in [0.1, 0.15) is 37.7 Å². The van der Waals surface area contributed by atoms with Crippen LogP contribution in [0.5, 0.6) is 5.75 Å². The number of guanidine groups is 1. The summed E-state index contributed by atoms with van der Waals surface area (Å²) < 4.78 is 41.0. The van der Waals surface area contributed by atoms with Crippen molar-refractivity contribution in [2.75, 3.05) is 33.4 Å². The van der Waals surface area contributed by atoms with E-state index in [1.54, 1.807) is 19.2 Å². The third-order valence-corrected chi connectivity index (χ3v) is 5.32. The Morgan fingerprint density at radius 3 is 2.79 bits per heavy atom. The largest absolute Gasteiger partial charge is 0.435 e. The van der Waals surface area contributed by atoms with Crippen molar-refractivity contribution >= 4 is 5.96 Å². The molecule has 1 unspecified atom stereocenters. The van der Waals surface area contributed by atoms with Crippen LogP contribution in [-0.2, 0) is 16.0 Å². The Hall–Kier alpha value is -1.93. The van der Waals surface area contributed by atoms with Crippen LogP contribution in [0.4, 0.5) is 8.78 Å². The second-order valence-electron chi connectivity index (χ2n) is 7.43. The van der Waals surface area contributed by atoms with Gasteiger partial charge in [-0.25, -0.2) is 0 Å². The van der Waals surface area contributed by atoms with Crippen molar-refractivity contribution < 1.29 is 23.0 Å². The Bertz CT molecular complexity index is 646. The molecule has 2 aliphatic rings. The Labute approximate surface area is 171 Å². The van der Waals surface area contributed by atoms with Gasteiger partial charge in [0.15, 0.2) is 5.96 Å². The standard InChI is InChI=1S/C21H31F2N3O3/c1-24-21(25-14-16-5-4-7-18(13-16)29-20(22)23)26-10-8-17(9-11-26)28-15-19-6-2-3-12-27-19/h4-5,7,13,17,19-20H,2-3,6,8-12,14-15H2,1H3,(H,24,25). The number of benzene rings is 1. The molecule has 0 spiro atoms. The van der Waals surface area contributed by atoms with Gasteiger partial charge in [-0.1, -0.05) is 12.1 Å². The maximum Gasteiger partial charge on any atom is 0.387 e. The zero-order chi connectivity index (χ0) is 20.5. The smallest absolute Gasteiger partial charge is 0.387 e. The van der Waals surface area contributed by atoms with Gasteiger partial charge in [0.05, 0.1) is 18.8 Å². The molecule has 2 aliphatic heterocycles. The zero-order valence-corrected chi connectivity index (χ0v) is 17.0. The lowest BCUT2D eigenvalue weighted by Gasteiger charge is -2.35. The molecule has 2 saturated heterocycles.